The summed E-state index contributed by atoms with van der Waals surface area (Å²) in [5, 5.41) is 14.8. The van der Waals surface area contributed by atoms with E-state index in [1.165, 1.54) is 0 Å². The van der Waals surface area contributed by atoms with E-state index in [4.69, 9.17) is 9.84 Å². The first-order valence-corrected chi connectivity index (χ1v) is 7.01. The second-order valence-electron chi connectivity index (χ2n) is 5.11. The topological polar surface area (TPSA) is 87.7 Å². The summed E-state index contributed by atoms with van der Waals surface area (Å²) < 4.78 is 5.15. The highest BCUT2D eigenvalue weighted by Crippen LogP contribution is 2.32. The fourth-order valence-corrected chi connectivity index (χ4v) is 2.19. The van der Waals surface area contributed by atoms with Gasteiger partial charge in [-0.3, -0.25) is 9.59 Å². The number of rotatable bonds is 8. The van der Waals surface area contributed by atoms with Crippen molar-refractivity contribution in [2.75, 3.05) is 19.0 Å². The van der Waals surface area contributed by atoms with Crippen LogP contribution in [0.3, 0.4) is 0 Å². The molecule has 0 aliphatic heterocycles. The molecule has 0 saturated heterocycles. The molecule has 1 atom stereocenters. The van der Waals surface area contributed by atoms with Gasteiger partial charge in [0.1, 0.15) is 11.8 Å². The summed E-state index contributed by atoms with van der Waals surface area (Å²) in [6.07, 6.45) is 2.10. The number of ether oxygens (including phenoxy) is 1. The largest absolute Gasteiger partial charge is 0.495 e. The van der Waals surface area contributed by atoms with Gasteiger partial charge in [0.25, 0.3) is 0 Å². The van der Waals surface area contributed by atoms with Crippen molar-refractivity contribution in [1.82, 2.24) is 5.32 Å². The third-order valence-electron chi connectivity index (χ3n) is 3.46. The molecule has 6 heteroatoms. The summed E-state index contributed by atoms with van der Waals surface area (Å²) in [6, 6.07) is 6.62. The molecule has 1 unspecified atom stereocenters. The minimum absolute atomic E-state index is 0.174. The molecule has 114 valence electrons. The Hall–Kier alpha value is -2.08. The minimum atomic E-state index is -0.845. The number of para-hydroxylation sites is 2. The molecule has 1 saturated carbocycles. The molecule has 1 fully saturated rings. The Labute approximate surface area is 123 Å². The average Bonchev–Trinajstić information content (AvgIpc) is 3.28. The van der Waals surface area contributed by atoms with E-state index in [1.807, 2.05) is 12.1 Å². The lowest BCUT2D eigenvalue weighted by Crippen LogP contribution is -2.39. The predicted molar refractivity (Wildman–Crippen MR) is 78.4 cm³/mol. The zero-order valence-electron chi connectivity index (χ0n) is 12.0. The number of carboxylic acids is 1. The molecular formula is C15H20N2O4. The van der Waals surface area contributed by atoms with Crippen LogP contribution < -0.4 is 15.4 Å². The Bertz CT molecular complexity index is 514. The highest BCUT2D eigenvalue weighted by atomic mass is 16.5. The van der Waals surface area contributed by atoms with Gasteiger partial charge in [-0.2, -0.15) is 0 Å². The summed E-state index contributed by atoms with van der Waals surface area (Å²) in [7, 11) is 1.54. The van der Waals surface area contributed by atoms with Gasteiger partial charge in [-0.1, -0.05) is 12.1 Å². The second-order valence-corrected chi connectivity index (χ2v) is 5.11. The molecule has 21 heavy (non-hydrogen) atoms. The summed E-state index contributed by atoms with van der Waals surface area (Å²) >= 11 is 0. The van der Waals surface area contributed by atoms with Crippen LogP contribution in [-0.4, -0.2) is 36.7 Å². The van der Waals surface area contributed by atoms with Crippen LogP contribution in [0.2, 0.25) is 0 Å². The maximum atomic E-state index is 11.9. The number of anilines is 1. The standard InChI is InChI=1S/C15H20N2O4/c1-21-12-5-3-2-4-11(12)17-13(18)8-9-16-14(15(19)20)10-6-7-10/h2-5,10,14,16H,6-9H2,1H3,(H,17,18)(H,19,20). The first-order valence-electron chi connectivity index (χ1n) is 7.01. The Kier molecular flexibility index (Phi) is 5.16. The SMILES string of the molecule is COc1ccccc1NC(=O)CCNC(C(=O)O)C1CC1. The highest BCUT2D eigenvalue weighted by molar-refractivity contribution is 5.92. The first kappa shape index (κ1) is 15.3. The van der Waals surface area contributed by atoms with Gasteiger partial charge >= 0.3 is 5.97 Å². The van der Waals surface area contributed by atoms with Crippen LogP contribution in [0.1, 0.15) is 19.3 Å². The number of aliphatic carboxylic acids is 1. The van der Waals surface area contributed by atoms with Crippen molar-refractivity contribution in [2.24, 2.45) is 5.92 Å². The normalized spacial score (nSPS) is 15.3. The van der Waals surface area contributed by atoms with Gasteiger partial charge < -0.3 is 20.5 Å². The monoisotopic (exact) mass is 292 g/mol. The summed E-state index contributed by atoms with van der Waals surface area (Å²) in [5.41, 5.74) is 0.613. The number of carboxylic acid groups (broad SMARTS) is 1. The third kappa shape index (κ3) is 4.46. The van der Waals surface area contributed by atoms with E-state index < -0.39 is 12.0 Å². The van der Waals surface area contributed by atoms with Crippen LogP contribution >= 0.6 is 0 Å². The summed E-state index contributed by atoms with van der Waals surface area (Å²) in [5.74, 6) is -0.213. The molecule has 0 radical (unpaired) electrons. The van der Waals surface area contributed by atoms with Crippen LogP contribution in [-0.2, 0) is 9.59 Å². The van der Waals surface area contributed by atoms with Crippen molar-refractivity contribution >= 4 is 17.6 Å². The van der Waals surface area contributed by atoms with E-state index in [2.05, 4.69) is 10.6 Å². The molecule has 0 heterocycles. The van der Waals surface area contributed by atoms with Gasteiger partial charge in [-0.05, 0) is 30.9 Å². The number of carbonyl (C=O) groups excluding carboxylic acids is 1. The molecule has 1 aromatic carbocycles. The molecule has 1 aliphatic carbocycles. The van der Waals surface area contributed by atoms with Gasteiger partial charge in [-0.15, -0.1) is 0 Å². The Morgan fingerprint density at radius 2 is 2.10 bits per heavy atom. The van der Waals surface area contributed by atoms with Crippen LogP contribution in [0.25, 0.3) is 0 Å². The van der Waals surface area contributed by atoms with Crippen LogP contribution in [0, 0.1) is 5.92 Å². The fourth-order valence-electron chi connectivity index (χ4n) is 2.19. The van der Waals surface area contributed by atoms with Crippen molar-refractivity contribution in [3.05, 3.63) is 24.3 Å². The van der Waals surface area contributed by atoms with Gasteiger partial charge in [0, 0.05) is 13.0 Å². The maximum absolute atomic E-state index is 11.9. The molecular weight excluding hydrogens is 272 g/mol. The third-order valence-corrected chi connectivity index (χ3v) is 3.46. The molecule has 2 rings (SSSR count). The number of hydrogen-bond acceptors (Lipinski definition) is 4. The van der Waals surface area contributed by atoms with Crippen molar-refractivity contribution in [3.63, 3.8) is 0 Å². The lowest BCUT2D eigenvalue weighted by Gasteiger charge is -2.14. The molecule has 3 N–H and O–H groups in total. The number of amides is 1. The van der Waals surface area contributed by atoms with Gasteiger partial charge in [0.15, 0.2) is 0 Å². The quantitative estimate of drug-likeness (QED) is 0.675. The number of benzene rings is 1. The van der Waals surface area contributed by atoms with Gasteiger partial charge in [0.05, 0.1) is 12.8 Å². The molecule has 1 aliphatic rings. The minimum Gasteiger partial charge on any atom is -0.495 e. The Morgan fingerprint density at radius 3 is 2.71 bits per heavy atom. The smallest absolute Gasteiger partial charge is 0.320 e. The molecule has 0 spiro atoms. The summed E-state index contributed by atoms with van der Waals surface area (Å²) in [6.45, 7) is 0.342. The Balaban J connectivity index is 1.78. The lowest BCUT2D eigenvalue weighted by atomic mass is 10.2. The second kappa shape index (κ2) is 7.08. The molecule has 0 bridgehead atoms. The maximum Gasteiger partial charge on any atom is 0.320 e. The first-order chi connectivity index (χ1) is 10.1. The van der Waals surface area contributed by atoms with Gasteiger partial charge in [0.2, 0.25) is 5.91 Å². The molecule has 1 amide bonds. The average molecular weight is 292 g/mol. The predicted octanol–water partition coefficient (Wildman–Crippen LogP) is 1.48. The molecule has 0 aromatic heterocycles. The van der Waals surface area contributed by atoms with E-state index in [0.29, 0.717) is 18.0 Å². The van der Waals surface area contributed by atoms with Crippen LogP contribution in [0.15, 0.2) is 24.3 Å². The van der Waals surface area contributed by atoms with Crippen LogP contribution in [0.4, 0.5) is 5.69 Å². The van der Waals surface area contributed by atoms with E-state index in [1.54, 1.807) is 19.2 Å². The van der Waals surface area contributed by atoms with Crippen molar-refractivity contribution in [1.29, 1.82) is 0 Å². The van der Waals surface area contributed by atoms with Crippen molar-refractivity contribution in [2.45, 2.75) is 25.3 Å². The lowest BCUT2D eigenvalue weighted by molar-refractivity contribution is -0.140. The molecule has 6 nitrogen and oxygen atoms in total. The van der Waals surface area contributed by atoms with E-state index in [0.717, 1.165) is 12.8 Å². The van der Waals surface area contributed by atoms with E-state index >= 15 is 0 Å². The molecule has 1 aromatic rings. The van der Waals surface area contributed by atoms with Crippen LogP contribution in [0.5, 0.6) is 5.75 Å². The number of methoxy groups -OCH3 is 1. The van der Waals surface area contributed by atoms with Crippen molar-refractivity contribution < 1.29 is 19.4 Å². The van der Waals surface area contributed by atoms with Gasteiger partial charge in [-0.25, -0.2) is 0 Å². The van der Waals surface area contributed by atoms with Crippen molar-refractivity contribution in [3.8, 4) is 5.75 Å². The van der Waals surface area contributed by atoms with E-state index in [-0.39, 0.29) is 18.2 Å². The zero-order chi connectivity index (χ0) is 15.2. The number of carbonyl (C=O) groups is 2. The fraction of sp³-hybridized carbons (Fsp3) is 0.467. The highest BCUT2D eigenvalue weighted by Gasteiger charge is 2.35. The van der Waals surface area contributed by atoms with E-state index in [9.17, 15) is 9.59 Å². The zero-order valence-corrected chi connectivity index (χ0v) is 12.0. The summed E-state index contributed by atoms with van der Waals surface area (Å²) in [4.78, 5) is 22.9. The number of nitrogens with one attached hydrogen (secondary N) is 2. The Morgan fingerprint density at radius 1 is 1.38 bits per heavy atom. The number of hydrogen-bond donors (Lipinski definition) is 3.